The van der Waals surface area contributed by atoms with Crippen molar-refractivity contribution in [1.82, 2.24) is 4.90 Å². The van der Waals surface area contributed by atoms with Crippen LogP contribution in [0.1, 0.15) is 28.4 Å². The Morgan fingerprint density at radius 1 is 0.972 bits per heavy atom. The first kappa shape index (κ1) is 26.1. The van der Waals surface area contributed by atoms with Crippen molar-refractivity contribution in [3.63, 3.8) is 0 Å². The van der Waals surface area contributed by atoms with Crippen LogP contribution >= 0.6 is 46.6 Å². The maximum Gasteiger partial charge on any atom is 0.343 e. The van der Waals surface area contributed by atoms with Gasteiger partial charge in [-0.2, -0.15) is 0 Å². The van der Waals surface area contributed by atoms with Gasteiger partial charge in [0, 0.05) is 5.02 Å². The molecule has 184 valence electrons. The summed E-state index contributed by atoms with van der Waals surface area (Å²) in [5, 5.41) is 0.755. The first-order valence-corrected chi connectivity index (χ1v) is 12.6. The third-order valence-corrected chi connectivity index (χ3v) is 6.91. The second-order valence-electron chi connectivity index (χ2n) is 7.56. The number of hydrogen-bond donors (Lipinski definition) is 0. The number of amides is 2. The molecule has 0 saturated carbocycles. The summed E-state index contributed by atoms with van der Waals surface area (Å²) in [7, 11) is 0. The van der Waals surface area contributed by atoms with Gasteiger partial charge >= 0.3 is 5.97 Å². The van der Waals surface area contributed by atoms with E-state index in [1.54, 1.807) is 67.6 Å². The summed E-state index contributed by atoms with van der Waals surface area (Å²) in [6, 6.07) is 16.2. The van der Waals surface area contributed by atoms with Crippen molar-refractivity contribution < 1.29 is 23.9 Å². The summed E-state index contributed by atoms with van der Waals surface area (Å²) in [4.78, 5) is 39.4. The second-order valence-corrected chi connectivity index (χ2v) is 9.80. The molecule has 0 aliphatic carbocycles. The molecule has 2 amide bonds. The van der Waals surface area contributed by atoms with Crippen LogP contribution in [0.5, 0.6) is 11.5 Å². The number of thioether (sulfide) groups is 1. The zero-order valence-corrected chi connectivity index (χ0v) is 21.9. The van der Waals surface area contributed by atoms with Crippen molar-refractivity contribution in [2.75, 3.05) is 6.61 Å². The summed E-state index contributed by atoms with van der Waals surface area (Å²) in [6.07, 6.45) is 1.59. The summed E-state index contributed by atoms with van der Waals surface area (Å²) in [5.41, 5.74) is 1.57. The number of imide groups is 1. The van der Waals surface area contributed by atoms with Crippen molar-refractivity contribution in [2.45, 2.75) is 13.5 Å². The highest BCUT2D eigenvalue weighted by molar-refractivity contribution is 8.18. The van der Waals surface area contributed by atoms with E-state index in [1.807, 2.05) is 0 Å². The number of hydrogen-bond acceptors (Lipinski definition) is 6. The van der Waals surface area contributed by atoms with Crippen molar-refractivity contribution in [3.8, 4) is 11.5 Å². The molecule has 0 N–H and O–H groups in total. The van der Waals surface area contributed by atoms with Gasteiger partial charge in [-0.1, -0.05) is 53.0 Å². The molecule has 1 aliphatic heterocycles. The summed E-state index contributed by atoms with van der Waals surface area (Å²) < 4.78 is 11.2. The molecule has 4 rings (SSSR count). The van der Waals surface area contributed by atoms with Gasteiger partial charge < -0.3 is 9.47 Å². The number of carbonyl (C=O) groups excluding carboxylic acids is 3. The van der Waals surface area contributed by atoms with Crippen LogP contribution in [0.4, 0.5) is 4.79 Å². The molecule has 1 fully saturated rings. The van der Waals surface area contributed by atoms with Gasteiger partial charge in [0.05, 0.1) is 33.7 Å². The predicted molar refractivity (Wildman–Crippen MR) is 142 cm³/mol. The van der Waals surface area contributed by atoms with E-state index in [2.05, 4.69) is 0 Å². The number of ether oxygens (including phenoxy) is 2. The molecule has 0 spiro atoms. The molecule has 0 aromatic heterocycles. The van der Waals surface area contributed by atoms with Crippen LogP contribution in [-0.2, 0) is 11.3 Å². The highest BCUT2D eigenvalue weighted by Crippen LogP contribution is 2.36. The minimum atomic E-state index is -0.588. The molecule has 0 unspecified atom stereocenters. The summed E-state index contributed by atoms with van der Waals surface area (Å²) >= 11 is 18.8. The molecule has 0 atom stereocenters. The van der Waals surface area contributed by atoms with Crippen molar-refractivity contribution >= 4 is 69.8 Å². The van der Waals surface area contributed by atoms with Gasteiger partial charge in [0.2, 0.25) is 0 Å². The zero-order chi connectivity index (χ0) is 25.8. The van der Waals surface area contributed by atoms with Gasteiger partial charge in [0.15, 0.2) is 11.5 Å². The van der Waals surface area contributed by atoms with E-state index in [9.17, 15) is 14.4 Å². The number of esters is 1. The molecule has 36 heavy (non-hydrogen) atoms. The second kappa shape index (κ2) is 11.4. The molecule has 1 saturated heterocycles. The fourth-order valence-corrected chi connectivity index (χ4v) is 4.70. The first-order valence-electron chi connectivity index (χ1n) is 10.7. The van der Waals surface area contributed by atoms with E-state index in [0.717, 1.165) is 16.7 Å². The molecule has 3 aromatic carbocycles. The van der Waals surface area contributed by atoms with Gasteiger partial charge in [-0.25, -0.2) is 4.79 Å². The van der Waals surface area contributed by atoms with E-state index in [0.29, 0.717) is 44.1 Å². The van der Waals surface area contributed by atoms with Crippen molar-refractivity contribution in [3.05, 3.63) is 97.3 Å². The molecule has 1 aliphatic rings. The molecular formula is C26H18Cl3NO5S. The Morgan fingerprint density at radius 3 is 2.50 bits per heavy atom. The Balaban J connectivity index is 1.54. The van der Waals surface area contributed by atoms with E-state index in [4.69, 9.17) is 44.3 Å². The quantitative estimate of drug-likeness (QED) is 0.169. The Morgan fingerprint density at radius 2 is 1.78 bits per heavy atom. The molecule has 0 bridgehead atoms. The van der Waals surface area contributed by atoms with Crippen LogP contribution in [0.15, 0.2) is 65.6 Å². The topological polar surface area (TPSA) is 72.9 Å². The molecule has 0 radical (unpaired) electrons. The maximum absolute atomic E-state index is 12.9. The summed E-state index contributed by atoms with van der Waals surface area (Å²) in [5.74, 6) is -0.483. The molecule has 10 heteroatoms. The summed E-state index contributed by atoms with van der Waals surface area (Å²) in [6.45, 7) is 2.19. The Bertz CT molecular complexity index is 1390. The highest BCUT2D eigenvalue weighted by Gasteiger charge is 2.35. The van der Waals surface area contributed by atoms with Crippen LogP contribution in [0, 0.1) is 0 Å². The monoisotopic (exact) mass is 561 g/mol. The van der Waals surface area contributed by atoms with E-state index in [-0.39, 0.29) is 17.2 Å². The van der Waals surface area contributed by atoms with Gasteiger partial charge in [0.1, 0.15) is 0 Å². The lowest BCUT2D eigenvalue weighted by Crippen LogP contribution is -2.27. The Hall–Kier alpha value is -2.97. The van der Waals surface area contributed by atoms with Gasteiger partial charge in [0.25, 0.3) is 11.1 Å². The van der Waals surface area contributed by atoms with Crippen LogP contribution in [-0.4, -0.2) is 28.6 Å². The number of rotatable bonds is 7. The average Bonchev–Trinajstić information content (AvgIpc) is 3.10. The molecule has 3 aromatic rings. The van der Waals surface area contributed by atoms with Crippen LogP contribution in [0.25, 0.3) is 6.08 Å². The molecule has 1 heterocycles. The van der Waals surface area contributed by atoms with Crippen LogP contribution in [0.3, 0.4) is 0 Å². The van der Waals surface area contributed by atoms with E-state index in [1.165, 1.54) is 6.07 Å². The standard InChI is InChI=1S/C26H18Cl3NO5S/c1-2-34-22-11-15(7-9-21(22)35-25(32)17-4-3-5-18(27)13-17)12-23-24(31)30(26(33)36-23)14-16-6-8-19(28)20(29)10-16/h3-13H,2,14H2,1H3/b23-12-. The lowest BCUT2D eigenvalue weighted by atomic mass is 10.1. The Kier molecular flexibility index (Phi) is 8.26. The maximum atomic E-state index is 12.9. The predicted octanol–water partition coefficient (Wildman–Crippen LogP) is 7.50. The lowest BCUT2D eigenvalue weighted by molar-refractivity contribution is -0.123. The number of nitrogens with zero attached hydrogens (tertiary/aromatic N) is 1. The lowest BCUT2D eigenvalue weighted by Gasteiger charge is -2.13. The smallest absolute Gasteiger partial charge is 0.343 e. The molecular weight excluding hydrogens is 545 g/mol. The van der Waals surface area contributed by atoms with E-state index >= 15 is 0 Å². The van der Waals surface area contributed by atoms with Gasteiger partial charge in [-0.3, -0.25) is 14.5 Å². The zero-order valence-electron chi connectivity index (χ0n) is 18.8. The van der Waals surface area contributed by atoms with E-state index < -0.39 is 17.1 Å². The van der Waals surface area contributed by atoms with Crippen LogP contribution < -0.4 is 9.47 Å². The Labute approximate surface area is 226 Å². The fraction of sp³-hybridized carbons (Fsp3) is 0.115. The number of benzene rings is 3. The van der Waals surface area contributed by atoms with Crippen molar-refractivity contribution in [1.29, 1.82) is 0 Å². The largest absolute Gasteiger partial charge is 0.490 e. The molecule has 6 nitrogen and oxygen atoms in total. The van der Waals surface area contributed by atoms with Crippen molar-refractivity contribution in [2.24, 2.45) is 0 Å². The SMILES string of the molecule is CCOc1cc(/C=C2\SC(=O)N(Cc3ccc(Cl)c(Cl)c3)C2=O)ccc1OC(=O)c1cccc(Cl)c1. The van der Waals surface area contributed by atoms with Crippen LogP contribution in [0.2, 0.25) is 15.1 Å². The number of carbonyl (C=O) groups is 3. The normalized spacial score (nSPS) is 14.4. The van der Waals surface area contributed by atoms with Gasteiger partial charge in [-0.15, -0.1) is 0 Å². The third kappa shape index (κ3) is 6.05. The number of halogens is 3. The minimum absolute atomic E-state index is 0.0709. The first-order chi connectivity index (χ1) is 17.2. The average molecular weight is 563 g/mol. The fourth-order valence-electron chi connectivity index (χ4n) is 3.35. The van der Waals surface area contributed by atoms with Gasteiger partial charge in [-0.05, 0) is 78.4 Å². The highest BCUT2D eigenvalue weighted by atomic mass is 35.5. The minimum Gasteiger partial charge on any atom is -0.490 e. The third-order valence-electron chi connectivity index (χ3n) is 5.03.